The summed E-state index contributed by atoms with van der Waals surface area (Å²) >= 11 is 6.56. The number of amides is 2. The molecule has 1 atom stereocenters. The zero-order chi connectivity index (χ0) is 14.7. The van der Waals surface area contributed by atoms with Crippen LogP contribution in [0.1, 0.15) is 6.42 Å². The van der Waals surface area contributed by atoms with Crippen molar-refractivity contribution < 1.29 is 19.5 Å². The smallest absolute Gasteiger partial charge is 0.290 e. The maximum Gasteiger partial charge on any atom is 0.290 e. The van der Waals surface area contributed by atoms with Crippen molar-refractivity contribution >= 4 is 46.2 Å². The van der Waals surface area contributed by atoms with Gasteiger partial charge < -0.3 is 15.2 Å². The maximum atomic E-state index is 12.0. The quantitative estimate of drug-likeness (QED) is 0.869. The molecule has 0 spiro atoms. The highest BCUT2D eigenvalue weighted by Gasteiger charge is 2.39. The van der Waals surface area contributed by atoms with E-state index in [4.69, 9.17) is 11.6 Å². The van der Waals surface area contributed by atoms with Crippen molar-refractivity contribution in [3.8, 4) is 0 Å². The van der Waals surface area contributed by atoms with Crippen LogP contribution in [0.2, 0.25) is 5.02 Å². The van der Waals surface area contributed by atoms with Crippen molar-refractivity contribution in [2.45, 2.75) is 11.8 Å². The number of imide groups is 1. The number of benzene rings is 1. The van der Waals surface area contributed by atoms with Gasteiger partial charge in [0.05, 0.1) is 0 Å². The van der Waals surface area contributed by atoms with E-state index in [1.54, 1.807) is 24.3 Å². The zero-order valence-electron chi connectivity index (χ0n) is 10.2. The van der Waals surface area contributed by atoms with Crippen molar-refractivity contribution in [3.05, 3.63) is 29.3 Å². The van der Waals surface area contributed by atoms with E-state index in [0.29, 0.717) is 10.7 Å². The van der Waals surface area contributed by atoms with Gasteiger partial charge in [-0.25, -0.2) is 0 Å². The van der Waals surface area contributed by atoms with Gasteiger partial charge in [0.1, 0.15) is 0 Å². The van der Waals surface area contributed by atoms with Gasteiger partial charge in [0.25, 0.3) is 11.1 Å². The number of thioether (sulfide) groups is 1. The Hall–Kier alpha value is -1.73. The third-order valence-electron chi connectivity index (χ3n) is 2.61. The van der Waals surface area contributed by atoms with E-state index >= 15 is 0 Å². The SMILES string of the molecule is O=C([O-])CCN1C(=O)SC(Nc2ccc(Cl)cc2)C1=O. The first-order chi connectivity index (χ1) is 9.47. The Morgan fingerprint density at radius 2 is 2.00 bits per heavy atom. The summed E-state index contributed by atoms with van der Waals surface area (Å²) in [4.78, 5) is 34.9. The van der Waals surface area contributed by atoms with Gasteiger partial charge in [-0.15, -0.1) is 0 Å². The number of nitrogens with one attached hydrogen (secondary N) is 1. The molecule has 1 unspecified atom stereocenters. The lowest BCUT2D eigenvalue weighted by Gasteiger charge is -2.15. The van der Waals surface area contributed by atoms with Crippen molar-refractivity contribution in [3.63, 3.8) is 0 Å². The van der Waals surface area contributed by atoms with Crippen molar-refractivity contribution in [1.29, 1.82) is 0 Å². The predicted molar refractivity (Wildman–Crippen MR) is 73.2 cm³/mol. The first-order valence-corrected chi connectivity index (χ1v) is 6.97. The second-order valence-electron chi connectivity index (χ2n) is 4.03. The molecule has 0 aromatic heterocycles. The fourth-order valence-corrected chi connectivity index (χ4v) is 2.70. The van der Waals surface area contributed by atoms with Gasteiger partial charge in [0, 0.05) is 29.6 Å². The van der Waals surface area contributed by atoms with Gasteiger partial charge in [-0.3, -0.25) is 14.5 Å². The number of carboxylic acid groups (broad SMARTS) is 1. The summed E-state index contributed by atoms with van der Waals surface area (Å²) in [5.41, 5.74) is 0.648. The Kier molecular flexibility index (Phi) is 4.51. The number of rotatable bonds is 5. The fourth-order valence-electron chi connectivity index (χ4n) is 1.64. The third kappa shape index (κ3) is 3.43. The van der Waals surface area contributed by atoms with Crippen LogP contribution in [0.3, 0.4) is 0 Å². The van der Waals surface area contributed by atoms with E-state index in [-0.39, 0.29) is 13.0 Å². The molecule has 20 heavy (non-hydrogen) atoms. The molecule has 0 saturated carbocycles. The van der Waals surface area contributed by atoms with Crippen LogP contribution in [0.5, 0.6) is 0 Å². The Morgan fingerprint density at radius 1 is 1.35 bits per heavy atom. The van der Waals surface area contributed by atoms with Crippen LogP contribution < -0.4 is 10.4 Å². The maximum absolute atomic E-state index is 12.0. The highest BCUT2D eigenvalue weighted by atomic mass is 35.5. The molecule has 6 nitrogen and oxygen atoms in total. The summed E-state index contributed by atoms with van der Waals surface area (Å²) in [5.74, 6) is -1.76. The molecule has 2 rings (SSSR count). The van der Waals surface area contributed by atoms with Crippen molar-refractivity contribution in [2.24, 2.45) is 0 Å². The molecule has 0 radical (unpaired) electrons. The Labute approximate surface area is 124 Å². The molecule has 1 saturated heterocycles. The molecule has 1 heterocycles. The Balaban J connectivity index is 2.00. The molecule has 1 aromatic rings. The van der Waals surface area contributed by atoms with Crippen LogP contribution in [-0.2, 0) is 9.59 Å². The topological polar surface area (TPSA) is 89.5 Å². The van der Waals surface area contributed by atoms with E-state index in [2.05, 4.69) is 5.32 Å². The monoisotopic (exact) mass is 313 g/mol. The van der Waals surface area contributed by atoms with Crippen LogP contribution >= 0.6 is 23.4 Å². The van der Waals surface area contributed by atoms with Gasteiger partial charge in [0.2, 0.25) is 0 Å². The number of carboxylic acids is 1. The number of carbonyl (C=O) groups is 3. The molecule has 0 bridgehead atoms. The van der Waals surface area contributed by atoms with E-state index in [0.717, 1.165) is 16.7 Å². The van der Waals surface area contributed by atoms with Crippen LogP contribution in [0.25, 0.3) is 0 Å². The summed E-state index contributed by atoms with van der Waals surface area (Å²) in [6, 6.07) is 6.68. The van der Waals surface area contributed by atoms with Crippen molar-refractivity contribution in [1.82, 2.24) is 4.90 Å². The van der Waals surface area contributed by atoms with E-state index in [1.165, 1.54) is 0 Å². The summed E-state index contributed by atoms with van der Waals surface area (Å²) in [5, 5.41) is 12.6. The first-order valence-electron chi connectivity index (χ1n) is 5.71. The average molecular weight is 314 g/mol. The molecule has 0 aliphatic carbocycles. The van der Waals surface area contributed by atoms with Gasteiger partial charge in [-0.05, 0) is 36.0 Å². The zero-order valence-corrected chi connectivity index (χ0v) is 11.7. The second-order valence-corrected chi connectivity index (χ2v) is 5.52. The highest BCUT2D eigenvalue weighted by molar-refractivity contribution is 8.15. The highest BCUT2D eigenvalue weighted by Crippen LogP contribution is 2.28. The molecule has 1 aliphatic rings. The number of hydrogen-bond acceptors (Lipinski definition) is 6. The van der Waals surface area contributed by atoms with Gasteiger partial charge in [-0.2, -0.15) is 0 Å². The largest absolute Gasteiger partial charge is 0.550 e. The molecule has 8 heteroatoms. The van der Waals surface area contributed by atoms with E-state index < -0.39 is 22.5 Å². The lowest BCUT2D eigenvalue weighted by molar-refractivity contribution is -0.305. The Morgan fingerprint density at radius 3 is 2.60 bits per heavy atom. The number of anilines is 1. The number of hydrogen-bond donors (Lipinski definition) is 1. The average Bonchev–Trinajstić information content (AvgIpc) is 2.65. The summed E-state index contributed by atoms with van der Waals surface area (Å²) in [6.07, 6.45) is -0.369. The molecular weight excluding hydrogens is 304 g/mol. The Bertz CT molecular complexity index is 549. The van der Waals surface area contributed by atoms with Crippen LogP contribution in [0, 0.1) is 0 Å². The number of halogens is 1. The first kappa shape index (κ1) is 14.7. The number of nitrogens with zero attached hydrogens (tertiary/aromatic N) is 1. The van der Waals surface area contributed by atoms with Crippen LogP contribution in [-0.4, -0.2) is 33.9 Å². The lowest BCUT2D eigenvalue weighted by atomic mass is 10.3. The molecule has 1 N–H and O–H groups in total. The normalized spacial score (nSPS) is 18.4. The standard InChI is InChI=1S/C12H11ClN2O4S/c13-7-1-3-8(4-2-7)14-10-11(18)15(12(19)20-10)6-5-9(16)17/h1-4,10,14H,5-6H2,(H,16,17)/p-1. The van der Waals surface area contributed by atoms with Crippen molar-refractivity contribution in [2.75, 3.05) is 11.9 Å². The number of aliphatic carboxylic acids is 1. The predicted octanol–water partition coefficient (Wildman–Crippen LogP) is 0.913. The molecular formula is C12H10ClN2O4S-. The lowest BCUT2D eigenvalue weighted by Crippen LogP contribution is -2.37. The minimum absolute atomic E-state index is 0.175. The summed E-state index contributed by atoms with van der Waals surface area (Å²) < 4.78 is 0. The van der Waals surface area contributed by atoms with Gasteiger partial charge >= 0.3 is 0 Å². The van der Waals surface area contributed by atoms with Gasteiger partial charge in [0.15, 0.2) is 5.37 Å². The third-order valence-corrected chi connectivity index (χ3v) is 3.84. The van der Waals surface area contributed by atoms with Crippen LogP contribution in [0.15, 0.2) is 24.3 Å². The van der Waals surface area contributed by atoms with Crippen LogP contribution in [0.4, 0.5) is 10.5 Å². The molecule has 106 valence electrons. The summed E-state index contributed by atoms with van der Waals surface area (Å²) in [7, 11) is 0. The number of carbonyl (C=O) groups excluding carboxylic acids is 3. The molecule has 1 aliphatic heterocycles. The molecule has 2 amide bonds. The molecule has 1 aromatic carbocycles. The molecule has 1 fully saturated rings. The van der Waals surface area contributed by atoms with Gasteiger partial charge in [-0.1, -0.05) is 11.6 Å². The summed E-state index contributed by atoms with van der Waals surface area (Å²) in [6.45, 7) is -0.175. The fraction of sp³-hybridized carbons (Fsp3) is 0.250. The minimum atomic E-state index is -1.30. The second kappa shape index (κ2) is 6.15. The minimum Gasteiger partial charge on any atom is -0.550 e. The van der Waals surface area contributed by atoms with E-state index in [1.807, 2.05) is 0 Å². The van der Waals surface area contributed by atoms with E-state index in [9.17, 15) is 19.5 Å².